The topological polar surface area (TPSA) is 23.6 Å². The van der Waals surface area contributed by atoms with Crippen molar-refractivity contribution in [2.75, 3.05) is 19.1 Å². The summed E-state index contributed by atoms with van der Waals surface area (Å²) in [5.41, 5.74) is 3.56. The Morgan fingerprint density at radius 1 is 1.05 bits per heavy atom. The monoisotopic (exact) mass is 294 g/mol. The zero-order valence-corrected chi connectivity index (χ0v) is 13.4. The summed E-state index contributed by atoms with van der Waals surface area (Å²) < 4.78 is 0. The number of para-hydroxylation sites is 1. The number of nitrogens with zero attached hydrogens (tertiary/aromatic N) is 2. The van der Waals surface area contributed by atoms with Crippen molar-refractivity contribution in [3.63, 3.8) is 0 Å². The van der Waals surface area contributed by atoms with E-state index in [1.165, 1.54) is 11.1 Å². The van der Waals surface area contributed by atoms with Gasteiger partial charge in [-0.1, -0.05) is 55.5 Å². The number of benzene rings is 2. The second-order valence-corrected chi connectivity index (χ2v) is 5.90. The number of carbonyl (C=O) groups is 1. The predicted octanol–water partition coefficient (Wildman–Crippen LogP) is 3.46. The average Bonchev–Trinajstić information content (AvgIpc) is 2.90. The molecule has 1 aliphatic rings. The van der Waals surface area contributed by atoms with Gasteiger partial charge >= 0.3 is 0 Å². The molecule has 1 heterocycles. The fourth-order valence-corrected chi connectivity index (χ4v) is 3.44. The lowest BCUT2D eigenvalue weighted by molar-refractivity contribution is -0.120. The van der Waals surface area contributed by atoms with Gasteiger partial charge in [-0.05, 0) is 17.2 Å². The van der Waals surface area contributed by atoms with Gasteiger partial charge in [-0.25, -0.2) is 5.01 Å². The van der Waals surface area contributed by atoms with E-state index in [1.54, 1.807) is 0 Å². The zero-order chi connectivity index (χ0) is 15.7. The zero-order valence-electron chi connectivity index (χ0n) is 13.4. The Bertz CT molecular complexity index is 666. The Balaban J connectivity index is 2.18. The fraction of sp³-hybridized carbons (Fsp3) is 0.316. The van der Waals surface area contributed by atoms with Crippen LogP contribution >= 0.6 is 0 Å². The van der Waals surface area contributed by atoms with Gasteiger partial charge in [-0.15, -0.1) is 0 Å². The van der Waals surface area contributed by atoms with Gasteiger partial charge in [0.25, 0.3) is 0 Å². The molecular formula is C19H22N2O. The predicted molar refractivity (Wildman–Crippen MR) is 90.0 cm³/mol. The van der Waals surface area contributed by atoms with E-state index >= 15 is 0 Å². The molecule has 0 aliphatic carbocycles. The average molecular weight is 294 g/mol. The summed E-state index contributed by atoms with van der Waals surface area (Å²) in [5, 5.41) is 4.17. The number of carbonyl (C=O) groups excluding carboxylic acids is 1. The van der Waals surface area contributed by atoms with Crippen molar-refractivity contribution in [1.82, 2.24) is 5.01 Å². The number of Topliss-reactive ketones (excluding diaryl/α,β-unsaturated/α-hetero) is 1. The number of hydrogen-bond acceptors (Lipinski definition) is 3. The van der Waals surface area contributed by atoms with Crippen molar-refractivity contribution in [2.24, 2.45) is 0 Å². The minimum atomic E-state index is -0.167. The van der Waals surface area contributed by atoms with E-state index in [2.05, 4.69) is 35.3 Å². The van der Waals surface area contributed by atoms with Crippen molar-refractivity contribution < 1.29 is 4.79 Å². The quantitative estimate of drug-likeness (QED) is 0.862. The first kappa shape index (κ1) is 14.8. The normalized spacial score (nSPS) is 20.3. The third kappa shape index (κ3) is 2.32. The lowest BCUT2D eigenvalue weighted by Crippen LogP contribution is -2.48. The molecule has 0 fully saturated rings. The molecule has 3 rings (SSSR count). The summed E-state index contributed by atoms with van der Waals surface area (Å²) in [6.07, 6.45) is 0.548. The Morgan fingerprint density at radius 2 is 1.68 bits per heavy atom. The molecule has 2 aromatic rings. The number of fused-ring (bicyclic) bond motifs is 1. The molecule has 3 nitrogen and oxygen atoms in total. The maximum absolute atomic E-state index is 12.7. The molecule has 0 saturated carbocycles. The first-order valence-electron chi connectivity index (χ1n) is 7.78. The maximum Gasteiger partial charge on any atom is 0.157 e. The summed E-state index contributed by atoms with van der Waals surface area (Å²) in [4.78, 5) is 12.7. The van der Waals surface area contributed by atoms with E-state index in [-0.39, 0.29) is 17.7 Å². The van der Waals surface area contributed by atoms with Crippen molar-refractivity contribution in [3.8, 4) is 0 Å². The van der Waals surface area contributed by atoms with E-state index in [0.29, 0.717) is 6.42 Å². The summed E-state index contributed by atoms with van der Waals surface area (Å²) in [6, 6.07) is 18.5. The van der Waals surface area contributed by atoms with Crippen LogP contribution in [-0.4, -0.2) is 30.9 Å². The highest BCUT2D eigenvalue weighted by Crippen LogP contribution is 2.45. The van der Waals surface area contributed by atoms with Gasteiger partial charge in [0.1, 0.15) is 6.04 Å². The first-order valence-corrected chi connectivity index (χ1v) is 7.78. The molecule has 0 spiro atoms. The SMILES string of the molecule is CCC(=O)C1C(c2ccccc2)c2ccccc2N1N(C)C. The minimum absolute atomic E-state index is 0.0900. The van der Waals surface area contributed by atoms with Gasteiger partial charge < -0.3 is 0 Å². The van der Waals surface area contributed by atoms with Crippen LogP contribution in [0.1, 0.15) is 30.4 Å². The number of ketones is 1. The van der Waals surface area contributed by atoms with Crippen LogP contribution in [0.15, 0.2) is 54.6 Å². The molecular weight excluding hydrogens is 272 g/mol. The van der Waals surface area contributed by atoms with E-state index in [4.69, 9.17) is 0 Å². The minimum Gasteiger partial charge on any atom is -0.297 e. The van der Waals surface area contributed by atoms with Crippen molar-refractivity contribution in [1.29, 1.82) is 0 Å². The van der Waals surface area contributed by atoms with Gasteiger partial charge in [0.2, 0.25) is 0 Å². The van der Waals surface area contributed by atoms with Crippen LogP contribution in [0, 0.1) is 0 Å². The smallest absolute Gasteiger partial charge is 0.157 e. The Morgan fingerprint density at radius 3 is 2.32 bits per heavy atom. The number of hydrazine groups is 1. The van der Waals surface area contributed by atoms with Gasteiger partial charge in [-0.2, -0.15) is 0 Å². The standard InChI is InChI=1S/C19H22N2O/c1-4-17(22)19-18(14-10-6-5-7-11-14)15-12-8-9-13-16(15)21(19)20(2)3/h5-13,18-19H,4H2,1-3H3. The molecule has 0 radical (unpaired) electrons. The van der Waals surface area contributed by atoms with E-state index in [0.717, 1.165) is 5.69 Å². The summed E-state index contributed by atoms with van der Waals surface area (Å²) in [7, 11) is 4.00. The Kier molecular flexibility index (Phi) is 3.99. The molecule has 0 saturated heterocycles. The lowest BCUT2D eigenvalue weighted by atomic mass is 9.85. The van der Waals surface area contributed by atoms with Crippen LogP contribution < -0.4 is 5.01 Å². The molecule has 114 valence electrons. The van der Waals surface area contributed by atoms with Crippen molar-refractivity contribution >= 4 is 11.5 Å². The molecule has 0 aromatic heterocycles. The molecule has 22 heavy (non-hydrogen) atoms. The van der Waals surface area contributed by atoms with Gasteiger partial charge in [0, 0.05) is 26.4 Å². The van der Waals surface area contributed by atoms with Crippen LogP contribution in [0.5, 0.6) is 0 Å². The lowest BCUT2D eigenvalue weighted by Gasteiger charge is -2.34. The van der Waals surface area contributed by atoms with Crippen LogP contribution in [0.3, 0.4) is 0 Å². The highest BCUT2D eigenvalue weighted by Gasteiger charge is 2.43. The van der Waals surface area contributed by atoms with Crippen LogP contribution in [-0.2, 0) is 4.79 Å². The molecule has 0 N–H and O–H groups in total. The Labute approximate surface area is 132 Å². The highest BCUT2D eigenvalue weighted by atomic mass is 16.1. The third-order valence-electron chi connectivity index (χ3n) is 4.37. The molecule has 0 bridgehead atoms. The molecule has 1 aliphatic heterocycles. The van der Waals surface area contributed by atoms with Crippen LogP contribution in [0.4, 0.5) is 5.69 Å². The fourth-order valence-electron chi connectivity index (χ4n) is 3.44. The van der Waals surface area contributed by atoms with Crippen LogP contribution in [0.25, 0.3) is 0 Å². The van der Waals surface area contributed by atoms with Crippen LogP contribution in [0.2, 0.25) is 0 Å². The second kappa shape index (κ2) is 5.93. The first-order chi connectivity index (χ1) is 10.6. The van der Waals surface area contributed by atoms with E-state index in [1.807, 2.05) is 50.3 Å². The molecule has 2 unspecified atom stereocenters. The third-order valence-corrected chi connectivity index (χ3v) is 4.37. The van der Waals surface area contributed by atoms with E-state index < -0.39 is 0 Å². The van der Waals surface area contributed by atoms with Crippen molar-refractivity contribution in [2.45, 2.75) is 25.3 Å². The summed E-state index contributed by atoms with van der Waals surface area (Å²) >= 11 is 0. The van der Waals surface area contributed by atoms with Crippen molar-refractivity contribution in [3.05, 3.63) is 65.7 Å². The Hall–Kier alpha value is -2.13. The second-order valence-electron chi connectivity index (χ2n) is 5.90. The van der Waals surface area contributed by atoms with Gasteiger partial charge in [-0.3, -0.25) is 9.80 Å². The summed E-state index contributed by atoms with van der Waals surface area (Å²) in [5.74, 6) is 0.367. The molecule has 2 aromatic carbocycles. The molecule has 3 heteroatoms. The summed E-state index contributed by atoms with van der Waals surface area (Å²) in [6.45, 7) is 1.95. The van der Waals surface area contributed by atoms with Gasteiger partial charge in [0.15, 0.2) is 5.78 Å². The van der Waals surface area contributed by atoms with Gasteiger partial charge in [0.05, 0.1) is 5.69 Å². The maximum atomic E-state index is 12.7. The molecule has 0 amide bonds. The largest absolute Gasteiger partial charge is 0.297 e. The van der Waals surface area contributed by atoms with E-state index in [9.17, 15) is 4.79 Å². The highest BCUT2D eigenvalue weighted by molar-refractivity contribution is 5.91. The number of anilines is 1. The number of rotatable bonds is 4. The molecule has 2 atom stereocenters. The number of hydrogen-bond donors (Lipinski definition) is 0.